The maximum atomic E-state index is 12.1. The lowest BCUT2D eigenvalue weighted by Gasteiger charge is -2.16. The predicted molar refractivity (Wildman–Crippen MR) is 86.8 cm³/mol. The molecule has 0 radical (unpaired) electrons. The first kappa shape index (κ1) is 16.9. The van der Waals surface area contributed by atoms with Gasteiger partial charge in [-0.15, -0.1) is 0 Å². The van der Waals surface area contributed by atoms with Gasteiger partial charge in [0.05, 0.1) is 11.5 Å². The molecular weight excluding hydrogens is 369 g/mol. The van der Waals surface area contributed by atoms with E-state index in [2.05, 4.69) is 27.9 Å². The van der Waals surface area contributed by atoms with E-state index < -0.39 is 11.9 Å². The van der Waals surface area contributed by atoms with Crippen LogP contribution in [0.5, 0.6) is 0 Å². The fourth-order valence-corrected chi connectivity index (χ4v) is 2.55. The lowest BCUT2D eigenvalue weighted by molar-refractivity contribution is -0.142. The van der Waals surface area contributed by atoms with E-state index in [4.69, 9.17) is 5.11 Å². The third-order valence-corrected chi connectivity index (χ3v) is 3.92. The number of carboxylic acids is 1. The van der Waals surface area contributed by atoms with Gasteiger partial charge >= 0.3 is 5.97 Å². The Morgan fingerprint density at radius 3 is 2.55 bits per heavy atom. The van der Waals surface area contributed by atoms with E-state index in [9.17, 15) is 9.59 Å². The first-order valence-corrected chi connectivity index (χ1v) is 7.66. The molecule has 1 atom stereocenters. The Labute approximate surface area is 133 Å². The van der Waals surface area contributed by atoms with Crippen molar-refractivity contribution in [1.82, 2.24) is 5.32 Å². The number of nitrogens with one attached hydrogen (secondary N) is 1. The number of carbonyl (C=O) groups is 2. The van der Waals surface area contributed by atoms with Gasteiger partial charge in [-0.25, -0.2) is 0 Å². The molecule has 0 aliphatic heterocycles. The molecule has 5 heteroatoms. The van der Waals surface area contributed by atoms with Crippen LogP contribution >= 0.6 is 22.6 Å². The molecule has 0 spiro atoms. The molecule has 0 bridgehead atoms. The van der Waals surface area contributed by atoms with Crippen LogP contribution in [0.15, 0.2) is 18.2 Å². The Balaban J connectivity index is 2.70. The maximum Gasteiger partial charge on any atom is 0.308 e. The van der Waals surface area contributed by atoms with Gasteiger partial charge in [0, 0.05) is 10.1 Å². The van der Waals surface area contributed by atoms with E-state index in [-0.39, 0.29) is 18.4 Å². The fraction of sp³-hybridized carbons (Fsp3) is 0.467. The molecule has 2 N–H and O–H groups in total. The zero-order chi connectivity index (χ0) is 15.3. The first-order valence-electron chi connectivity index (χ1n) is 6.58. The molecule has 0 aliphatic carbocycles. The number of benzene rings is 1. The summed E-state index contributed by atoms with van der Waals surface area (Å²) in [6, 6.07) is 5.64. The summed E-state index contributed by atoms with van der Waals surface area (Å²) in [6.45, 7) is 6.03. The SMILES string of the molecule is Cc1ccc(I)c(C(=O)NCC(CC(C)C)C(=O)O)c1. The molecule has 1 unspecified atom stereocenters. The van der Waals surface area contributed by atoms with Crippen LogP contribution in [0.1, 0.15) is 36.2 Å². The second-order valence-electron chi connectivity index (χ2n) is 5.36. The van der Waals surface area contributed by atoms with Crippen molar-refractivity contribution in [1.29, 1.82) is 0 Å². The average Bonchev–Trinajstić information content (AvgIpc) is 2.36. The molecule has 0 aromatic heterocycles. The van der Waals surface area contributed by atoms with Gasteiger partial charge in [0.25, 0.3) is 5.91 Å². The summed E-state index contributed by atoms with van der Waals surface area (Å²) in [5, 5.41) is 11.9. The number of amides is 1. The van der Waals surface area contributed by atoms with Crippen molar-refractivity contribution in [2.45, 2.75) is 27.2 Å². The molecule has 1 amide bonds. The molecule has 0 saturated heterocycles. The van der Waals surface area contributed by atoms with Crippen LogP contribution in [0, 0.1) is 22.3 Å². The minimum atomic E-state index is -0.863. The maximum absolute atomic E-state index is 12.1. The van der Waals surface area contributed by atoms with Crippen LogP contribution in [0.25, 0.3) is 0 Å². The van der Waals surface area contributed by atoms with E-state index in [0.29, 0.717) is 12.0 Å². The van der Waals surface area contributed by atoms with Crippen molar-refractivity contribution >= 4 is 34.5 Å². The summed E-state index contributed by atoms with van der Waals surface area (Å²) < 4.78 is 0.862. The van der Waals surface area contributed by atoms with Gasteiger partial charge in [0.15, 0.2) is 0 Å². The quantitative estimate of drug-likeness (QED) is 0.735. The summed E-state index contributed by atoms with van der Waals surface area (Å²) >= 11 is 2.11. The molecule has 0 saturated carbocycles. The monoisotopic (exact) mass is 389 g/mol. The summed E-state index contributed by atoms with van der Waals surface area (Å²) in [5.74, 6) is -1.33. The molecule has 1 aromatic carbocycles. The molecule has 0 fully saturated rings. The largest absolute Gasteiger partial charge is 0.481 e. The number of hydrogen-bond acceptors (Lipinski definition) is 2. The predicted octanol–water partition coefficient (Wildman–Crippen LogP) is 3.08. The van der Waals surface area contributed by atoms with E-state index in [0.717, 1.165) is 9.13 Å². The number of carboxylic acid groups (broad SMARTS) is 1. The van der Waals surface area contributed by atoms with Gasteiger partial charge in [-0.2, -0.15) is 0 Å². The van der Waals surface area contributed by atoms with Crippen molar-refractivity contribution in [2.24, 2.45) is 11.8 Å². The minimum Gasteiger partial charge on any atom is -0.481 e. The van der Waals surface area contributed by atoms with Crippen molar-refractivity contribution in [3.8, 4) is 0 Å². The molecule has 1 aromatic rings. The van der Waals surface area contributed by atoms with Crippen LogP contribution < -0.4 is 5.32 Å². The van der Waals surface area contributed by atoms with E-state index in [1.54, 1.807) is 0 Å². The highest BCUT2D eigenvalue weighted by molar-refractivity contribution is 14.1. The second-order valence-corrected chi connectivity index (χ2v) is 6.52. The van der Waals surface area contributed by atoms with Crippen molar-refractivity contribution in [2.75, 3.05) is 6.54 Å². The van der Waals surface area contributed by atoms with Crippen LogP contribution in [0.3, 0.4) is 0 Å². The number of aliphatic carboxylic acids is 1. The van der Waals surface area contributed by atoms with E-state index in [1.165, 1.54) is 0 Å². The van der Waals surface area contributed by atoms with Gasteiger partial charge in [0.2, 0.25) is 0 Å². The fourth-order valence-electron chi connectivity index (χ4n) is 1.96. The molecule has 110 valence electrons. The lowest BCUT2D eigenvalue weighted by atomic mass is 9.97. The number of carbonyl (C=O) groups excluding carboxylic acids is 1. The van der Waals surface area contributed by atoms with Crippen molar-refractivity contribution in [3.63, 3.8) is 0 Å². The Bertz CT molecular complexity index is 500. The Kier molecular flexibility index (Phi) is 6.45. The zero-order valence-corrected chi connectivity index (χ0v) is 14.1. The Morgan fingerprint density at radius 1 is 1.35 bits per heavy atom. The van der Waals surface area contributed by atoms with Gasteiger partial charge in [-0.05, 0) is 54.0 Å². The zero-order valence-electron chi connectivity index (χ0n) is 11.9. The molecule has 0 heterocycles. The smallest absolute Gasteiger partial charge is 0.308 e. The lowest BCUT2D eigenvalue weighted by Crippen LogP contribution is -2.34. The van der Waals surface area contributed by atoms with E-state index >= 15 is 0 Å². The highest BCUT2D eigenvalue weighted by Crippen LogP contribution is 2.15. The number of rotatable bonds is 6. The summed E-state index contributed by atoms with van der Waals surface area (Å²) in [5.41, 5.74) is 1.60. The molecule has 1 rings (SSSR count). The average molecular weight is 389 g/mol. The van der Waals surface area contributed by atoms with Gasteiger partial charge in [-0.1, -0.05) is 25.5 Å². The number of halogens is 1. The summed E-state index contributed by atoms with van der Waals surface area (Å²) in [4.78, 5) is 23.3. The second kappa shape index (κ2) is 7.61. The highest BCUT2D eigenvalue weighted by Gasteiger charge is 2.20. The van der Waals surface area contributed by atoms with E-state index in [1.807, 2.05) is 39.0 Å². The Hall–Kier alpha value is -1.11. The minimum absolute atomic E-state index is 0.163. The van der Waals surface area contributed by atoms with Crippen molar-refractivity contribution < 1.29 is 14.7 Å². The summed E-state index contributed by atoms with van der Waals surface area (Å²) in [6.07, 6.45) is 0.556. The highest BCUT2D eigenvalue weighted by atomic mass is 127. The van der Waals surface area contributed by atoms with Gasteiger partial charge < -0.3 is 10.4 Å². The van der Waals surface area contributed by atoms with Crippen LogP contribution in [-0.4, -0.2) is 23.5 Å². The molecular formula is C15H20INO3. The van der Waals surface area contributed by atoms with Crippen LogP contribution in [0.2, 0.25) is 0 Å². The Morgan fingerprint density at radius 2 is 2.00 bits per heavy atom. The molecule has 0 aliphatic rings. The first-order chi connectivity index (χ1) is 9.31. The van der Waals surface area contributed by atoms with Crippen molar-refractivity contribution in [3.05, 3.63) is 32.9 Å². The third-order valence-electron chi connectivity index (χ3n) is 2.98. The van der Waals surface area contributed by atoms with Gasteiger partial charge in [0.1, 0.15) is 0 Å². The standard InChI is InChI=1S/C15H20INO3/c1-9(2)6-11(15(19)20)8-17-14(18)12-7-10(3)4-5-13(12)16/h4-5,7,9,11H,6,8H2,1-3H3,(H,17,18)(H,19,20). The normalized spacial score (nSPS) is 12.2. The third kappa shape index (κ3) is 5.11. The number of hydrogen-bond donors (Lipinski definition) is 2. The molecule has 4 nitrogen and oxygen atoms in total. The van der Waals surface area contributed by atoms with Crippen LogP contribution in [0.4, 0.5) is 0 Å². The van der Waals surface area contributed by atoms with Crippen LogP contribution in [-0.2, 0) is 4.79 Å². The topological polar surface area (TPSA) is 66.4 Å². The van der Waals surface area contributed by atoms with Gasteiger partial charge in [-0.3, -0.25) is 9.59 Å². The number of aryl methyl sites for hydroxylation is 1. The molecule has 20 heavy (non-hydrogen) atoms. The summed E-state index contributed by atoms with van der Waals surface area (Å²) in [7, 11) is 0.